The van der Waals surface area contributed by atoms with Crippen LogP contribution in [0, 0.1) is 0 Å². The van der Waals surface area contributed by atoms with Gasteiger partial charge in [0.25, 0.3) is 22.9 Å². The normalized spacial score (nSPS) is 12.5. The lowest BCUT2D eigenvalue weighted by molar-refractivity contribution is 0.0627. The first-order valence-electron chi connectivity index (χ1n) is 11.3. The maximum Gasteiger partial charge on any atom is 0.275 e. The Labute approximate surface area is 213 Å². The number of benzene rings is 2. The van der Waals surface area contributed by atoms with Crippen LogP contribution in [-0.4, -0.2) is 54.0 Å². The van der Waals surface area contributed by atoms with Gasteiger partial charge in [0, 0.05) is 18.8 Å². The lowest BCUT2D eigenvalue weighted by Crippen LogP contribution is -2.39. The average Bonchev–Trinajstić information content (AvgIpc) is 3.50. The highest BCUT2D eigenvalue weighted by Gasteiger charge is 2.35. The van der Waals surface area contributed by atoms with Gasteiger partial charge in [0.05, 0.1) is 28.2 Å². The Bertz CT molecular complexity index is 1200. The summed E-state index contributed by atoms with van der Waals surface area (Å²) in [4.78, 5) is 43.7. The number of anilines is 2. The van der Waals surface area contributed by atoms with Gasteiger partial charge in [-0.15, -0.1) is 11.3 Å². The van der Waals surface area contributed by atoms with Crippen molar-refractivity contribution in [3.05, 3.63) is 82.0 Å². The van der Waals surface area contributed by atoms with Gasteiger partial charge in [-0.1, -0.05) is 18.2 Å². The van der Waals surface area contributed by atoms with Gasteiger partial charge < -0.3 is 9.64 Å². The fourth-order valence-electron chi connectivity index (χ4n) is 3.95. The lowest BCUT2D eigenvalue weighted by atomic mass is 10.1. The third-order valence-electron chi connectivity index (χ3n) is 5.77. The molecule has 0 radical (unpaired) electrons. The summed E-state index contributed by atoms with van der Waals surface area (Å²) >= 11 is 6.81. The van der Waals surface area contributed by atoms with Gasteiger partial charge in [-0.2, -0.15) is 0 Å². The molecular formula is C26H25N3O4S2. The number of fused-ring (bicyclic) bond motifs is 1. The Kier molecular flexibility index (Phi) is 7.57. The molecule has 7 nitrogen and oxygen atoms in total. The summed E-state index contributed by atoms with van der Waals surface area (Å²) in [6.45, 7) is 5.90. The van der Waals surface area contributed by atoms with Crippen molar-refractivity contribution in [1.29, 1.82) is 0 Å². The van der Waals surface area contributed by atoms with Crippen LogP contribution in [0.1, 0.15) is 44.2 Å². The maximum absolute atomic E-state index is 13.3. The van der Waals surface area contributed by atoms with E-state index in [1.165, 1.54) is 16.2 Å². The summed E-state index contributed by atoms with van der Waals surface area (Å²) in [6.07, 6.45) is 0. The molecule has 2 heterocycles. The molecule has 0 atom stereocenters. The fraction of sp³-hybridized carbons (Fsp3) is 0.231. The van der Waals surface area contributed by atoms with Crippen LogP contribution in [0.2, 0.25) is 0 Å². The molecule has 1 aliphatic heterocycles. The second-order valence-electron chi connectivity index (χ2n) is 7.73. The molecule has 0 spiro atoms. The Morgan fingerprint density at radius 2 is 1.51 bits per heavy atom. The van der Waals surface area contributed by atoms with E-state index in [0.717, 1.165) is 23.7 Å². The van der Waals surface area contributed by atoms with E-state index in [0.29, 0.717) is 21.7 Å². The van der Waals surface area contributed by atoms with E-state index in [9.17, 15) is 14.4 Å². The molecular weight excluding hydrogens is 482 g/mol. The van der Waals surface area contributed by atoms with Crippen LogP contribution < -0.4 is 9.80 Å². The van der Waals surface area contributed by atoms with Gasteiger partial charge >= 0.3 is 0 Å². The minimum Gasteiger partial charge on any atom is -0.468 e. The minimum absolute atomic E-state index is 0.0222. The van der Waals surface area contributed by atoms with Gasteiger partial charge in [0.2, 0.25) is 0 Å². The van der Waals surface area contributed by atoms with Gasteiger partial charge in [-0.05, 0) is 73.9 Å². The molecule has 0 saturated carbocycles. The van der Waals surface area contributed by atoms with Gasteiger partial charge in [0.1, 0.15) is 6.61 Å². The SMILES string of the molecule is CCN(CC)c1ccc(N(C(=O)c2cccs2)C(=S)OCCN2C(=O)c3ccccc3C2=O)cc1. The van der Waals surface area contributed by atoms with Crippen molar-refractivity contribution in [2.75, 3.05) is 36.0 Å². The number of nitrogens with zero attached hydrogens (tertiary/aromatic N) is 3. The zero-order valence-corrected chi connectivity index (χ0v) is 21.1. The molecule has 1 aromatic heterocycles. The van der Waals surface area contributed by atoms with E-state index >= 15 is 0 Å². The van der Waals surface area contributed by atoms with E-state index in [1.807, 2.05) is 29.6 Å². The average molecular weight is 508 g/mol. The predicted molar refractivity (Wildman–Crippen MR) is 141 cm³/mol. The molecule has 0 aliphatic carbocycles. The van der Waals surface area contributed by atoms with Crippen LogP contribution in [0.4, 0.5) is 11.4 Å². The summed E-state index contributed by atoms with van der Waals surface area (Å²) in [7, 11) is 0. The Morgan fingerprint density at radius 3 is 2.06 bits per heavy atom. The molecule has 0 N–H and O–H groups in total. The first-order valence-corrected chi connectivity index (χ1v) is 12.6. The minimum atomic E-state index is -0.362. The number of hydrogen-bond acceptors (Lipinski definition) is 7. The summed E-state index contributed by atoms with van der Waals surface area (Å²) in [5.41, 5.74) is 2.37. The largest absolute Gasteiger partial charge is 0.468 e. The van der Waals surface area contributed by atoms with Crippen LogP contribution in [0.25, 0.3) is 0 Å². The van der Waals surface area contributed by atoms with Crippen molar-refractivity contribution >= 4 is 57.8 Å². The van der Waals surface area contributed by atoms with Crippen LogP contribution in [0.15, 0.2) is 66.0 Å². The zero-order chi connectivity index (χ0) is 24.9. The number of amides is 3. The standard InChI is InChI=1S/C26H25N3O4S2/c1-3-27(4-2)18-11-13-19(14-12-18)29(25(32)22-10-7-17-35-22)26(34)33-16-15-28-23(30)20-8-5-6-9-21(20)24(28)31/h5-14,17H,3-4,15-16H2,1-2H3. The molecule has 180 valence electrons. The number of thiophene rings is 1. The number of carbonyl (C=O) groups is 3. The zero-order valence-electron chi connectivity index (χ0n) is 19.5. The van der Waals surface area contributed by atoms with E-state index in [4.69, 9.17) is 17.0 Å². The van der Waals surface area contributed by atoms with Crippen LogP contribution >= 0.6 is 23.6 Å². The van der Waals surface area contributed by atoms with Crippen molar-refractivity contribution in [2.45, 2.75) is 13.8 Å². The van der Waals surface area contributed by atoms with Crippen molar-refractivity contribution in [2.24, 2.45) is 0 Å². The molecule has 3 aromatic rings. The molecule has 35 heavy (non-hydrogen) atoms. The van der Waals surface area contributed by atoms with Crippen molar-refractivity contribution < 1.29 is 19.1 Å². The first kappa shape index (κ1) is 24.6. The monoisotopic (exact) mass is 507 g/mol. The maximum atomic E-state index is 13.3. The highest BCUT2D eigenvalue weighted by molar-refractivity contribution is 7.80. The second kappa shape index (κ2) is 10.8. The smallest absolute Gasteiger partial charge is 0.275 e. The second-order valence-corrected chi connectivity index (χ2v) is 9.03. The van der Waals surface area contributed by atoms with E-state index < -0.39 is 0 Å². The van der Waals surface area contributed by atoms with Gasteiger partial charge in [-0.25, -0.2) is 4.90 Å². The molecule has 9 heteroatoms. The molecule has 1 aliphatic rings. The predicted octanol–water partition coefficient (Wildman–Crippen LogP) is 4.84. The van der Waals surface area contributed by atoms with Gasteiger partial charge in [-0.3, -0.25) is 19.3 Å². The van der Waals surface area contributed by atoms with Crippen molar-refractivity contribution in [1.82, 2.24) is 4.90 Å². The van der Waals surface area contributed by atoms with Crippen molar-refractivity contribution in [3.63, 3.8) is 0 Å². The number of imide groups is 1. The Balaban J connectivity index is 1.49. The molecule has 0 fully saturated rings. The quantitative estimate of drug-likeness (QED) is 0.321. The van der Waals surface area contributed by atoms with E-state index in [-0.39, 0.29) is 36.0 Å². The van der Waals surface area contributed by atoms with E-state index in [1.54, 1.807) is 36.4 Å². The highest BCUT2D eigenvalue weighted by atomic mass is 32.1. The third-order valence-corrected chi connectivity index (χ3v) is 6.93. The number of hydrogen-bond donors (Lipinski definition) is 0. The summed E-state index contributed by atoms with van der Waals surface area (Å²) < 4.78 is 5.74. The number of ether oxygens (including phenoxy) is 1. The molecule has 0 saturated heterocycles. The third kappa shape index (κ3) is 4.96. The number of thiocarbonyl (C=S) groups is 1. The molecule has 2 aromatic carbocycles. The van der Waals surface area contributed by atoms with Gasteiger partial charge in [0.15, 0.2) is 0 Å². The van der Waals surface area contributed by atoms with Crippen LogP contribution in [-0.2, 0) is 4.74 Å². The summed E-state index contributed by atoms with van der Waals surface area (Å²) in [5.74, 6) is -1.03. The first-order chi connectivity index (χ1) is 17.0. The highest BCUT2D eigenvalue weighted by Crippen LogP contribution is 2.25. The molecule has 0 unspecified atom stereocenters. The Morgan fingerprint density at radius 1 is 0.914 bits per heavy atom. The van der Waals surface area contributed by atoms with Crippen molar-refractivity contribution in [3.8, 4) is 0 Å². The lowest BCUT2D eigenvalue weighted by Gasteiger charge is -2.25. The molecule has 4 rings (SSSR count). The van der Waals surface area contributed by atoms with Crippen LogP contribution in [0.3, 0.4) is 0 Å². The van der Waals surface area contributed by atoms with E-state index in [2.05, 4.69) is 18.7 Å². The Hall–Kier alpha value is -3.56. The number of carbonyl (C=O) groups excluding carboxylic acids is 3. The molecule has 3 amide bonds. The fourth-order valence-corrected chi connectivity index (χ4v) is 4.87. The summed E-state index contributed by atoms with van der Waals surface area (Å²) in [6, 6.07) is 17.8. The number of rotatable bonds is 8. The topological polar surface area (TPSA) is 70.2 Å². The van der Waals surface area contributed by atoms with Crippen LogP contribution in [0.5, 0.6) is 0 Å². The summed E-state index contributed by atoms with van der Waals surface area (Å²) in [5, 5.41) is 1.77. The molecule has 0 bridgehead atoms.